The van der Waals surface area contributed by atoms with Crippen molar-refractivity contribution in [1.29, 1.82) is 0 Å². The highest BCUT2D eigenvalue weighted by Gasteiger charge is 2.16. The molecule has 164 valence electrons. The lowest BCUT2D eigenvalue weighted by atomic mass is 10.2. The van der Waals surface area contributed by atoms with Gasteiger partial charge in [0.1, 0.15) is 5.75 Å². The van der Waals surface area contributed by atoms with Crippen LogP contribution in [0.4, 0.5) is 5.69 Å². The Hall–Kier alpha value is -3.52. The molecular weight excluding hydrogens is 422 g/mol. The number of anilines is 1. The summed E-state index contributed by atoms with van der Waals surface area (Å²) in [6, 6.07) is 15.8. The highest BCUT2D eigenvalue weighted by Crippen LogP contribution is 2.25. The molecule has 4 aromatic rings. The van der Waals surface area contributed by atoms with Gasteiger partial charge in [-0.05, 0) is 57.2 Å². The number of benzene rings is 2. The normalized spacial score (nSPS) is 10.9. The Balaban J connectivity index is 1.44. The van der Waals surface area contributed by atoms with Crippen LogP contribution in [0.1, 0.15) is 17.0 Å². The summed E-state index contributed by atoms with van der Waals surface area (Å²) < 4.78 is 9.02. The summed E-state index contributed by atoms with van der Waals surface area (Å²) >= 11 is 1.38. The Morgan fingerprint density at radius 3 is 2.41 bits per heavy atom. The van der Waals surface area contributed by atoms with Gasteiger partial charge in [0, 0.05) is 18.1 Å². The highest BCUT2D eigenvalue weighted by molar-refractivity contribution is 7.99. The van der Waals surface area contributed by atoms with E-state index in [0.717, 1.165) is 39.4 Å². The molecule has 2 aromatic carbocycles. The van der Waals surface area contributed by atoms with Crippen LogP contribution < -0.4 is 10.1 Å². The number of nitrogens with one attached hydrogen (secondary N) is 1. The average Bonchev–Trinajstić information content (AvgIpc) is 3.38. The van der Waals surface area contributed by atoms with Gasteiger partial charge in [0.05, 0.1) is 35.6 Å². The van der Waals surface area contributed by atoms with Crippen LogP contribution >= 0.6 is 11.8 Å². The lowest BCUT2D eigenvalue weighted by Gasteiger charge is -2.09. The van der Waals surface area contributed by atoms with Gasteiger partial charge in [0.15, 0.2) is 5.16 Å². The minimum atomic E-state index is -0.103. The van der Waals surface area contributed by atoms with Crippen LogP contribution in [0.5, 0.6) is 5.75 Å². The number of rotatable bonds is 7. The van der Waals surface area contributed by atoms with Gasteiger partial charge in [-0.25, -0.2) is 9.67 Å². The molecule has 0 fully saturated rings. The van der Waals surface area contributed by atoms with E-state index in [-0.39, 0.29) is 11.7 Å². The molecule has 0 radical (unpaired) electrons. The number of hydrogen-bond donors (Lipinski definition) is 1. The summed E-state index contributed by atoms with van der Waals surface area (Å²) in [6.07, 6.45) is 3.60. The number of amides is 1. The second kappa shape index (κ2) is 9.32. The van der Waals surface area contributed by atoms with E-state index in [1.165, 1.54) is 17.3 Å². The predicted molar refractivity (Wildman–Crippen MR) is 127 cm³/mol. The van der Waals surface area contributed by atoms with Crippen LogP contribution in [-0.4, -0.2) is 38.1 Å². The molecule has 0 aliphatic carbocycles. The predicted octanol–water partition coefficient (Wildman–Crippen LogP) is 4.72. The molecule has 0 saturated heterocycles. The molecule has 0 unspecified atom stereocenters. The lowest BCUT2D eigenvalue weighted by molar-refractivity contribution is -0.113. The van der Waals surface area contributed by atoms with Crippen LogP contribution in [0.2, 0.25) is 0 Å². The van der Waals surface area contributed by atoms with Gasteiger partial charge in [-0.1, -0.05) is 29.5 Å². The van der Waals surface area contributed by atoms with Gasteiger partial charge < -0.3 is 10.1 Å². The standard InChI is InChI=1S/C24H25N5O2S/c1-16-5-7-20(8-6-16)29-18(3)23(17(2)27-29)26-22(30)15-32-24-25-13-14-28(24)19-9-11-21(31-4)12-10-19/h5-14H,15H2,1-4H3,(H,26,30). The SMILES string of the molecule is COc1ccc(-n2ccnc2SCC(=O)Nc2c(C)nn(-c3ccc(C)cc3)c2C)cc1. The zero-order valence-corrected chi connectivity index (χ0v) is 19.3. The number of nitrogens with zero attached hydrogens (tertiary/aromatic N) is 4. The monoisotopic (exact) mass is 447 g/mol. The van der Waals surface area contributed by atoms with E-state index in [0.29, 0.717) is 0 Å². The van der Waals surface area contributed by atoms with Gasteiger partial charge in [-0.3, -0.25) is 9.36 Å². The van der Waals surface area contributed by atoms with Gasteiger partial charge in [-0.15, -0.1) is 0 Å². The fraction of sp³-hybridized carbons (Fsp3) is 0.208. The number of carbonyl (C=O) groups excluding carboxylic acids is 1. The maximum Gasteiger partial charge on any atom is 0.234 e. The van der Waals surface area contributed by atoms with Gasteiger partial charge >= 0.3 is 0 Å². The molecular formula is C24H25N5O2S. The van der Waals surface area contributed by atoms with Crippen molar-refractivity contribution >= 4 is 23.4 Å². The molecule has 4 rings (SSSR count). The molecule has 0 aliphatic rings. The zero-order chi connectivity index (χ0) is 22.7. The van der Waals surface area contributed by atoms with Crippen molar-refractivity contribution in [3.05, 3.63) is 77.9 Å². The summed E-state index contributed by atoms with van der Waals surface area (Å²) in [6.45, 7) is 5.91. The van der Waals surface area contributed by atoms with Crippen LogP contribution in [-0.2, 0) is 4.79 Å². The maximum atomic E-state index is 12.7. The minimum Gasteiger partial charge on any atom is -0.497 e. The summed E-state index contributed by atoms with van der Waals surface area (Å²) in [4.78, 5) is 17.1. The van der Waals surface area contributed by atoms with E-state index in [1.54, 1.807) is 13.3 Å². The average molecular weight is 448 g/mol. The van der Waals surface area contributed by atoms with Crippen molar-refractivity contribution in [3.8, 4) is 17.1 Å². The van der Waals surface area contributed by atoms with Crippen molar-refractivity contribution in [2.24, 2.45) is 0 Å². The third-order valence-electron chi connectivity index (χ3n) is 5.12. The van der Waals surface area contributed by atoms with Gasteiger partial charge in [-0.2, -0.15) is 5.10 Å². The zero-order valence-electron chi connectivity index (χ0n) is 18.5. The number of imidazole rings is 1. The molecule has 8 heteroatoms. The van der Waals surface area contributed by atoms with Gasteiger partial charge in [0.25, 0.3) is 0 Å². The fourth-order valence-electron chi connectivity index (χ4n) is 3.40. The molecule has 32 heavy (non-hydrogen) atoms. The number of ether oxygens (including phenoxy) is 1. The molecule has 2 heterocycles. The Kier molecular flexibility index (Phi) is 6.32. The Labute approximate surface area is 191 Å². The minimum absolute atomic E-state index is 0.103. The van der Waals surface area contributed by atoms with Gasteiger partial charge in [0.2, 0.25) is 5.91 Å². The van der Waals surface area contributed by atoms with Crippen LogP contribution in [0.15, 0.2) is 66.1 Å². The maximum absolute atomic E-state index is 12.7. The van der Waals surface area contributed by atoms with E-state index in [4.69, 9.17) is 4.74 Å². The van der Waals surface area contributed by atoms with E-state index < -0.39 is 0 Å². The molecule has 0 aliphatic heterocycles. The van der Waals surface area contributed by atoms with E-state index in [1.807, 2.05) is 84.7 Å². The third kappa shape index (κ3) is 4.55. The number of methoxy groups -OCH3 is 1. The second-order valence-corrected chi connectivity index (χ2v) is 8.35. The third-order valence-corrected chi connectivity index (χ3v) is 6.09. The molecule has 0 saturated carbocycles. The smallest absolute Gasteiger partial charge is 0.234 e. The molecule has 1 N–H and O–H groups in total. The quantitative estimate of drug-likeness (QED) is 0.415. The first kappa shape index (κ1) is 21.7. The van der Waals surface area contributed by atoms with Crippen LogP contribution in [0.25, 0.3) is 11.4 Å². The molecule has 1 amide bonds. The van der Waals surface area contributed by atoms with Crippen LogP contribution in [0, 0.1) is 20.8 Å². The number of aryl methyl sites for hydroxylation is 2. The van der Waals surface area contributed by atoms with Crippen molar-refractivity contribution in [2.75, 3.05) is 18.2 Å². The molecule has 0 spiro atoms. The first-order valence-electron chi connectivity index (χ1n) is 10.2. The summed E-state index contributed by atoms with van der Waals surface area (Å²) in [5, 5.41) is 8.37. The van der Waals surface area contributed by atoms with E-state index in [9.17, 15) is 4.79 Å². The summed E-state index contributed by atoms with van der Waals surface area (Å²) in [5.41, 5.74) is 5.53. The first-order chi connectivity index (χ1) is 15.5. The molecule has 2 aromatic heterocycles. The number of hydrogen-bond acceptors (Lipinski definition) is 5. The van der Waals surface area contributed by atoms with Crippen molar-refractivity contribution < 1.29 is 9.53 Å². The van der Waals surface area contributed by atoms with E-state index >= 15 is 0 Å². The lowest BCUT2D eigenvalue weighted by Crippen LogP contribution is -2.15. The Morgan fingerprint density at radius 2 is 1.72 bits per heavy atom. The summed E-state index contributed by atoms with van der Waals surface area (Å²) in [7, 11) is 1.64. The first-order valence-corrected chi connectivity index (χ1v) is 11.2. The van der Waals surface area contributed by atoms with Crippen molar-refractivity contribution in [1.82, 2.24) is 19.3 Å². The molecule has 0 atom stereocenters. The Bertz CT molecular complexity index is 1230. The van der Waals surface area contributed by atoms with Crippen LogP contribution in [0.3, 0.4) is 0 Å². The fourth-order valence-corrected chi connectivity index (χ4v) is 4.18. The highest BCUT2D eigenvalue weighted by atomic mass is 32.2. The summed E-state index contributed by atoms with van der Waals surface area (Å²) in [5.74, 6) is 0.926. The van der Waals surface area contributed by atoms with E-state index in [2.05, 4.69) is 15.4 Å². The van der Waals surface area contributed by atoms with Crippen molar-refractivity contribution in [3.63, 3.8) is 0 Å². The topological polar surface area (TPSA) is 74.0 Å². The largest absolute Gasteiger partial charge is 0.497 e. The second-order valence-electron chi connectivity index (χ2n) is 7.41. The molecule has 0 bridgehead atoms. The van der Waals surface area contributed by atoms with Crippen molar-refractivity contribution in [2.45, 2.75) is 25.9 Å². The molecule has 7 nitrogen and oxygen atoms in total. The number of carbonyl (C=O) groups is 1. The number of thioether (sulfide) groups is 1. The Morgan fingerprint density at radius 1 is 1.03 bits per heavy atom. The number of aromatic nitrogens is 4.